The Balaban J connectivity index is 1.89. The molecule has 1 aliphatic heterocycles. The molecule has 1 fully saturated rings. The molecule has 0 aliphatic carbocycles. The van der Waals surface area contributed by atoms with E-state index in [-0.39, 0.29) is 5.91 Å². The Morgan fingerprint density at radius 1 is 1.48 bits per heavy atom. The minimum absolute atomic E-state index is 0.0826. The second-order valence-corrected chi connectivity index (χ2v) is 7.12. The zero-order chi connectivity index (χ0) is 15.5. The first-order chi connectivity index (χ1) is 9.85. The number of rotatable bonds is 3. The summed E-state index contributed by atoms with van der Waals surface area (Å²) in [5.74, 6) is -0.0826. The summed E-state index contributed by atoms with van der Waals surface area (Å²) >= 11 is 9.42. The molecule has 1 atom stereocenters. The quantitative estimate of drug-likeness (QED) is 0.852. The Hall–Kier alpha value is -0.620. The van der Waals surface area contributed by atoms with E-state index in [0.29, 0.717) is 23.7 Å². The van der Waals surface area contributed by atoms with Crippen molar-refractivity contribution in [2.45, 2.75) is 31.8 Å². The van der Waals surface area contributed by atoms with Crippen molar-refractivity contribution in [1.82, 2.24) is 4.90 Å². The third-order valence-electron chi connectivity index (χ3n) is 3.73. The molecule has 1 aromatic rings. The number of carbonyl (C=O) groups excluding carboxylic acids is 1. The molecule has 0 spiro atoms. The van der Waals surface area contributed by atoms with E-state index < -0.39 is 5.60 Å². The number of benzene rings is 1. The van der Waals surface area contributed by atoms with Crippen molar-refractivity contribution in [3.63, 3.8) is 0 Å². The summed E-state index contributed by atoms with van der Waals surface area (Å²) in [7, 11) is 0. The topological polar surface area (TPSA) is 52.6 Å². The van der Waals surface area contributed by atoms with E-state index >= 15 is 0 Å². The lowest BCUT2D eigenvalue weighted by Crippen LogP contribution is -2.35. The molecule has 4 nitrogen and oxygen atoms in total. The van der Waals surface area contributed by atoms with Crippen LogP contribution in [0.5, 0.6) is 0 Å². The highest BCUT2D eigenvalue weighted by Gasteiger charge is 2.25. The summed E-state index contributed by atoms with van der Waals surface area (Å²) < 4.78 is 0.875. The highest BCUT2D eigenvalue weighted by molar-refractivity contribution is 9.10. The van der Waals surface area contributed by atoms with Gasteiger partial charge in [0.15, 0.2) is 0 Å². The number of halogens is 2. The maximum Gasteiger partial charge on any atom is 0.238 e. The molecule has 1 unspecified atom stereocenters. The molecule has 2 N–H and O–H groups in total. The SMILES string of the molecule is CC1(O)CCCN(CC(=O)Nc2ccc(Br)cc2Cl)CC1. The van der Waals surface area contributed by atoms with E-state index in [9.17, 15) is 9.90 Å². The third-order valence-corrected chi connectivity index (χ3v) is 4.53. The Labute approximate surface area is 138 Å². The van der Waals surface area contributed by atoms with E-state index in [0.717, 1.165) is 30.4 Å². The Morgan fingerprint density at radius 3 is 2.95 bits per heavy atom. The third kappa shape index (κ3) is 5.25. The molecule has 0 bridgehead atoms. The van der Waals surface area contributed by atoms with Crippen LogP contribution in [0.1, 0.15) is 26.2 Å². The molecular weight excluding hydrogens is 356 g/mol. The monoisotopic (exact) mass is 374 g/mol. The highest BCUT2D eigenvalue weighted by Crippen LogP contribution is 2.26. The predicted molar refractivity (Wildman–Crippen MR) is 88.7 cm³/mol. The van der Waals surface area contributed by atoms with E-state index in [1.54, 1.807) is 12.1 Å². The summed E-state index contributed by atoms with van der Waals surface area (Å²) in [4.78, 5) is 14.2. The van der Waals surface area contributed by atoms with E-state index in [2.05, 4.69) is 26.1 Å². The summed E-state index contributed by atoms with van der Waals surface area (Å²) in [6.45, 7) is 3.74. The van der Waals surface area contributed by atoms with Crippen LogP contribution in [0.2, 0.25) is 5.02 Å². The lowest BCUT2D eigenvalue weighted by atomic mass is 9.98. The van der Waals surface area contributed by atoms with E-state index in [1.165, 1.54) is 0 Å². The van der Waals surface area contributed by atoms with Gasteiger partial charge in [0.05, 0.1) is 22.9 Å². The molecule has 1 aliphatic rings. The van der Waals surface area contributed by atoms with Gasteiger partial charge in [-0.1, -0.05) is 27.5 Å². The van der Waals surface area contributed by atoms with Gasteiger partial charge in [0.2, 0.25) is 5.91 Å². The Kier molecular flexibility index (Phi) is 5.66. The molecule has 1 heterocycles. The lowest BCUT2D eigenvalue weighted by Gasteiger charge is -2.22. The van der Waals surface area contributed by atoms with Crippen molar-refractivity contribution in [2.24, 2.45) is 0 Å². The fourth-order valence-corrected chi connectivity index (χ4v) is 3.18. The summed E-state index contributed by atoms with van der Waals surface area (Å²) in [5, 5.41) is 13.4. The molecule has 2 rings (SSSR count). The summed E-state index contributed by atoms with van der Waals surface area (Å²) in [5.41, 5.74) is 0.00643. The van der Waals surface area contributed by atoms with Crippen LogP contribution < -0.4 is 5.32 Å². The van der Waals surface area contributed by atoms with Gasteiger partial charge in [-0.15, -0.1) is 0 Å². The number of amides is 1. The number of anilines is 1. The van der Waals surface area contributed by atoms with Crippen LogP contribution >= 0.6 is 27.5 Å². The zero-order valence-corrected chi connectivity index (χ0v) is 14.4. The van der Waals surface area contributed by atoms with Gasteiger partial charge in [0.25, 0.3) is 0 Å². The molecule has 6 heteroatoms. The molecule has 1 saturated heterocycles. The summed E-state index contributed by atoms with van der Waals surface area (Å²) in [6, 6.07) is 5.36. The van der Waals surface area contributed by atoms with Gasteiger partial charge in [-0.25, -0.2) is 0 Å². The van der Waals surface area contributed by atoms with Crippen LogP contribution in [0.3, 0.4) is 0 Å². The fourth-order valence-electron chi connectivity index (χ4n) is 2.46. The van der Waals surface area contributed by atoms with Crippen molar-refractivity contribution in [2.75, 3.05) is 25.0 Å². The Bertz CT molecular complexity index is 522. The predicted octanol–water partition coefficient (Wildman–Crippen LogP) is 3.28. The normalized spacial score (nSPS) is 23.6. The number of aliphatic hydroxyl groups is 1. The second-order valence-electron chi connectivity index (χ2n) is 5.80. The fraction of sp³-hybridized carbons (Fsp3) is 0.533. The van der Waals surface area contributed by atoms with Crippen molar-refractivity contribution >= 4 is 39.1 Å². The largest absolute Gasteiger partial charge is 0.390 e. The van der Waals surface area contributed by atoms with Gasteiger partial charge < -0.3 is 10.4 Å². The number of nitrogens with one attached hydrogen (secondary N) is 1. The van der Waals surface area contributed by atoms with Gasteiger partial charge in [-0.2, -0.15) is 0 Å². The molecule has 0 aromatic heterocycles. The lowest BCUT2D eigenvalue weighted by molar-refractivity contribution is -0.117. The molecule has 21 heavy (non-hydrogen) atoms. The zero-order valence-electron chi connectivity index (χ0n) is 12.0. The van der Waals surface area contributed by atoms with Crippen LogP contribution in [0, 0.1) is 0 Å². The average Bonchev–Trinajstić information content (AvgIpc) is 2.54. The van der Waals surface area contributed by atoms with Crippen molar-refractivity contribution in [3.8, 4) is 0 Å². The first-order valence-corrected chi connectivity index (χ1v) is 8.22. The van der Waals surface area contributed by atoms with Gasteiger partial charge in [0.1, 0.15) is 0 Å². The molecule has 116 valence electrons. The minimum atomic E-state index is -0.611. The van der Waals surface area contributed by atoms with Crippen LogP contribution in [0.25, 0.3) is 0 Å². The van der Waals surface area contributed by atoms with Crippen molar-refractivity contribution in [3.05, 3.63) is 27.7 Å². The molecule has 1 amide bonds. The number of likely N-dealkylation sites (tertiary alicyclic amines) is 1. The number of nitrogens with zero attached hydrogens (tertiary/aromatic N) is 1. The average molecular weight is 376 g/mol. The standard InChI is InChI=1S/C15H20BrClN2O2/c1-15(21)5-2-7-19(8-6-15)10-14(20)18-13-4-3-11(16)9-12(13)17/h3-4,9,21H,2,5-8,10H2,1H3,(H,18,20). The van der Waals surface area contributed by atoms with E-state index in [4.69, 9.17) is 11.6 Å². The molecule has 0 saturated carbocycles. The van der Waals surface area contributed by atoms with Crippen molar-refractivity contribution in [1.29, 1.82) is 0 Å². The molecule has 0 radical (unpaired) electrons. The van der Waals surface area contributed by atoms with Crippen LogP contribution in [0.4, 0.5) is 5.69 Å². The highest BCUT2D eigenvalue weighted by atomic mass is 79.9. The number of hydrogen-bond donors (Lipinski definition) is 2. The van der Waals surface area contributed by atoms with Gasteiger partial charge >= 0.3 is 0 Å². The molecular formula is C15H20BrClN2O2. The minimum Gasteiger partial charge on any atom is -0.390 e. The van der Waals surface area contributed by atoms with Crippen LogP contribution in [-0.4, -0.2) is 41.1 Å². The number of hydrogen-bond acceptors (Lipinski definition) is 3. The van der Waals surface area contributed by atoms with Crippen molar-refractivity contribution < 1.29 is 9.90 Å². The van der Waals surface area contributed by atoms with Crippen LogP contribution in [-0.2, 0) is 4.79 Å². The number of carbonyl (C=O) groups is 1. The first-order valence-electron chi connectivity index (χ1n) is 7.05. The van der Waals surface area contributed by atoms with Gasteiger partial charge in [0, 0.05) is 11.0 Å². The van der Waals surface area contributed by atoms with Gasteiger partial charge in [-0.3, -0.25) is 9.69 Å². The summed E-state index contributed by atoms with van der Waals surface area (Å²) in [6.07, 6.45) is 2.38. The second kappa shape index (κ2) is 7.09. The van der Waals surface area contributed by atoms with E-state index in [1.807, 2.05) is 13.0 Å². The first kappa shape index (κ1) is 16.7. The molecule has 1 aromatic carbocycles. The smallest absolute Gasteiger partial charge is 0.238 e. The maximum atomic E-state index is 12.1. The van der Waals surface area contributed by atoms with Crippen LogP contribution in [0.15, 0.2) is 22.7 Å². The Morgan fingerprint density at radius 2 is 2.24 bits per heavy atom. The maximum absolute atomic E-state index is 12.1. The van der Waals surface area contributed by atoms with Gasteiger partial charge in [-0.05, 0) is 50.9 Å².